The molecule has 0 radical (unpaired) electrons. The minimum atomic E-state index is 0.611. The van der Waals surface area contributed by atoms with E-state index in [1.54, 1.807) is 7.11 Å². The van der Waals surface area contributed by atoms with Gasteiger partial charge in [-0.05, 0) is 0 Å². The first-order valence-electron chi connectivity index (χ1n) is 4.25. The van der Waals surface area contributed by atoms with Crippen LogP contribution in [-0.2, 0) is 4.74 Å². The van der Waals surface area contributed by atoms with Crippen LogP contribution in [0.2, 0.25) is 0 Å². The molecule has 1 atom stereocenters. The first-order valence-corrected chi connectivity index (χ1v) is 6.25. The van der Waals surface area contributed by atoms with Gasteiger partial charge >= 0.3 is 0 Å². The van der Waals surface area contributed by atoms with Gasteiger partial charge in [0.25, 0.3) is 0 Å². The molecule has 1 heterocycles. The summed E-state index contributed by atoms with van der Waals surface area (Å²) in [5, 5.41) is 2.77. The molecule has 13 heavy (non-hydrogen) atoms. The predicted octanol–water partition coefficient (Wildman–Crippen LogP) is 1.43. The molecule has 1 unspecified atom stereocenters. The monoisotopic (exact) mass is 266 g/mol. The van der Waals surface area contributed by atoms with Gasteiger partial charge in [-0.2, -0.15) is 0 Å². The highest BCUT2D eigenvalue weighted by atomic mass is 79.9. The van der Waals surface area contributed by atoms with E-state index >= 15 is 0 Å². The lowest BCUT2D eigenvalue weighted by atomic mass is 10.5. The summed E-state index contributed by atoms with van der Waals surface area (Å²) in [6.07, 6.45) is 0. The van der Waals surface area contributed by atoms with E-state index in [2.05, 4.69) is 32.9 Å². The summed E-state index contributed by atoms with van der Waals surface area (Å²) < 4.78 is 5.01. The Hall–Kier alpha value is 0.260. The molecule has 0 aromatic heterocycles. The van der Waals surface area contributed by atoms with Crippen molar-refractivity contribution in [2.45, 2.75) is 5.25 Å². The van der Waals surface area contributed by atoms with Gasteiger partial charge in [-0.25, -0.2) is 0 Å². The topological polar surface area (TPSA) is 24.8 Å². The second kappa shape index (κ2) is 5.88. The summed E-state index contributed by atoms with van der Waals surface area (Å²) in [6, 6.07) is 0. The van der Waals surface area contributed by atoms with Crippen LogP contribution in [0.15, 0.2) is 4.99 Å². The third kappa shape index (κ3) is 3.48. The minimum absolute atomic E-state index is 0.611. The molecule has 0 saturated carbocycles. The summed E-state index contributed by atoms with van der Waals surface area (Å²) in [5.41, 5.74) is 0. The minimum Gasteiger partial charge on any atom is -0.383 e. The Morgan fingerprint density at radius 1 is 1.77 bits per heavy atom. The van der Waals surface area contributed by atoms with Crippen molar-refractivity contribution < 1.29 is 4.74 Å². The van der Waals surface area contributed by atoms with Crippen LogP contribution >= 0.6 is 27.7 Å². The number of hydrogen-bond donors (Lipinski definition) is 0. The Labute approximate surface area is 92.0 Å². The molecule has 0 fully saturated rings. The van der Waals surface area contributed by atoms with Crippen molar-refractivity contribution >= 4 is 32.9 Å². The number of ether oxygens (including phenoxy) is 1. The van der Waals surface area contributed by atoms with Crippen molar-refractivity contribution in [2.75, 3.05) is 39.2 Å². The van der Waals surface area contributed by atoms with E-state index in [1.807, 2.05) is 11.8 Å². The maximum absolute atomic E-state index is 5.01. The molecule has 0 aromatic rings. The summed E-state index contributed by atoms with van der Waals surface area (Å²) >= 11 is 5.31. The number of methoxy groups -OCH3 is 1. The van der Waals surface area contributed by atoms with Crippen molar-refractivity contribution in [1.82, 2.24) is 4.90 Å². The largest absolute Gasteiger partial charge is 0.383 e. The fraction of sp³-hybridized carbons (Fsp3) is 0.875. The highest BCUT2D eigenvalue weighted by molar-refractivity contribution is 9.09. The Kier molecular flexibility index (Phi) is 5.13. The van der Waals surface area contributed by atoms with Crippen molar-refractivity contribution in [1.29, 1.82) is 0 Å². The lowest BCUT2D eigenvalue weighted by Gasteiger charge is -2.17. The molecule has 0 bridgehead atoms. The van der Waals surface area contributed by atoms with Gasteiger partial charge in [0.1, 0.15) is 0 Å². The molecule has 0 aliphatic carbocycles. The molecule has 0 N–H and O–H groups in total. The Bertz CT molecular complexity index is 189. The summed E-state index contributed by atoms with van der Waals surface area (Å²) in [4.78, 5) is 6.61. The Morgan fingerprint density at radius 3 is 3.08 bits per heavy atom. The average molecular weight is 267 g/mol. The number of halogens is 1. The molecule has 0 saturated heterocycles. The van der Waals surface area contributed by atoms with Gasteiger partial charge < -0.3 is 9.64 Å². The zero-order valence-electron chi connectivity index (χ0n) is 7.99. The van der Waals surface area contributed by atoms with Crippen molar-refractivity contribution in [3.8, 4) is 0 Å². The van der Waals surface area contributed by atoms with Crippen LogP contribution in [0.1, 0.15) is 0 Å². The lowest BCUT2D eigenvalue weighted by molar-refractivity contribution is 0.183. The van der Waals surface area contributed by atoms with Gasteiger partial charge in [0.15, 0.2) is 5.17 Å². The maximum atomic E-state index is 5.01. The van der Waals surface area contributed by atoms with Gasteiger partial charge in [0, 0.05) is 31.3 Å². The normalized spacial score (nSPS) is 21.8. The van der Waals surface area contributed by atoms with Gasteiger partial charge in [-0.1, -0.05) is 27.7 Å². The van der Waals surface area contributed by atoms with Crippen LogP contribution in [0.25, 0.3) is 0 Å². The first-order chi connectivity index (χ1) is 6.27. The number of rotatable bonds is 4. The van der Waals surface area contributed by atoms with E-state index in [0.717, 1.165) is 30.2 Å². The predicted molar refractivity (Wildman–Crippen MR) is 62.0 cm³/mol. The zero-order chi connectivity index (χ0) is 9.68. The van der Waals surface area contributed by atoms with Crippen molar-refractivity contribution in [2.24, 2.45) is 4.99 Å². The smallest absolute Gasteiger partial charge is 0.159 e. The van der Waals surface area contributed by atoms with Gasteiger partial charge in [0.2, 0.25) is 0 Å². The van der Waals surface area contributed by atoms with Crippen molar-refractivity contribution in [3.63, 3.8) is 0 Å². The number of thioether (sulfide) groups is 1. The highest BCUT2D eigenvalue weighted by Gasteiger charge is 2.20. The number of hydrogen-bond acceptors (Lipinski definition) is 4. The van der Waals surface area contributed by atoms with Crippen LogP contribution < -0.4 is 0 Å². The third-order valence-corrected chi connectivity index (χ3v) is 4.34. The second-order valence-corrected chi connectivity index (χ2v) is 4.85. The van der Waals surface area contributed by atoms with E-state index in [4.69, 9.17) is 4.74 Å². The van der Waals surface area contributed by atoms with Gasteiger partial charge in [0.05, 0.1) is 13.2 Å². The fourth-order valence-electron chi connectivity index (χ4n) is 1.02. The second-order valence-electron chi connectivity index (χ2n) is 2.93. The fourth-order valence-corrected chi connectivity index (χ4v) is 2.55. The molecule has 0 aromatic carbocycles. The number of alkyl halides is 1. The quantitative estimate of drug-likeness (QED) is 0.720. The Balaban J connectivity index is 2.28. The van der Waals surface area contributed by atoms with Gasteiger partial charge in [-0.15, -0.1) is 0 Å². The zero-order valence-corrected chi connectivity index (χ0v) is 10.4. The summed E-state index contributed by atoms with van der Waals surface area (Å²) in [7, 11) is 3.78. The van der Waals surface area contributed by atoms with E-state index in [1.165, 1.54) is 0 Å². The lowest BCUT2D eigenvalue weighted by Crippen LogP contribution is -2.27. The van der Waals surface area contributed by atoms with E-state index in [0.29, 0.717) is 5.25 Å². The van der Waals surface area contributed by atoms with Gasteiger partial charge in [-0.3, -0.25) is 4.99 Å². The number of aliphatic imine (C=N–C) groups is 1. The van der Waals surface area contributed by atoms with Crippen LogP contribution in [0.5, 0.6) is 0 Å². The molecule has 5 heteroatoms. The molecule has 76 valence electrons. The highest BCUT2D eigenvalue weighted by Crippen LogP contribution is 2.23. The molecule has 1 rings (SSSR count). The molecule has 0 spiro atoms. The maximum Gasteiger partial charge on any atom is 0.159 e. The Morgan fingerprint density at radius 2 is 2.54 bits per heavy atom. The third-order valence-electron chi connectivity index (χ3n) is 1.83. The van der Waals surface area contributed by atoms with E-state index in [-0.39, 0.29) is 0 Å². The molecule has 1 aliphatic rings. The first kappa shape index (κ1) is 11.3. The van der Waals surface area contributed by atoms with Crippen LogP contribution in [0.4, 0.5) is 0 Å². The number of likely N-dealkylation sites (N-methyl/N-ethyl adjacent to an activating group) is 1. The number of nitrogens with zero attached hydrogens (tertiary/aromatic N) is 2. The molecule has 0 amide bonds. The summed E-state index contributed by atoms with van der Waals surface area (Å²) in [5.74, 6) is 0. The number of amidine groups is 1. The standard InChI is InChI=1S/C8H15BrN2OS/c1-11(3-4-12-2)8-10-6-7(5-9)13-8/h7H,3-6H2,1-2H3. The molecule has 3 nitrogen and oxygen atoms in total. The van der Waals surface area contributed by atoms with Crippen LogP contribution in [0, 0.1) is 0 Å². The average Bonchev–Trinajstić information content (AvgIpc) is 2.62. The molecular weight excluding hydrogens is 252 g/mol. The summed E-state index contributed by atoms with van der Waals surface area (Å²) in [6.45, 7) is 2.61. The van der Waals surface area contributed by atoms with E-state index < -0.39 is 0 Å². The molecule has 1 aliphatic heterocycles. The SMILES string of the molecule is COCCN(C)C1=NCC(CBr)S1. The van der Waals surface area contributed by atoms with Crippen LogP contribution in [-0.4, -0.2) is 54.5 Å². The van der Waals surface area contributed by atoms with E-state index in [9.17, 15) is 0 Å². The van der Waals surface area contributed by atoms with Crippen molar-refractivity contribution in [3.05, 3.63) is 0 Å². The molecular formula is C8H15BrN2OS. The van der Waals surface area contributed by atoms with Crippen LogP contribution in [0.3, 0.4) is 0 Å².